The van der Waals surface area contributed by atoms with Gasteiger partial charge in [-0.25, -0.2) is 0 Å². The van der Waals surface area contributed by atoms with E-state index in [-0.39, 0.29) is 0 Å². The van der Waals surface area contributed by atoms with E-state index in [2.05, 4.69) is 30.3 Å². The van der Waals surface area contributed by atoms with E-state index < -0.39 is 0 Å². The molecule has 1 atom stereocenters. The summed E-state index contributed by atoms with van der Waals surface area (Å²) in [6.45, 7) is 0. The van der Waals surface area contributed by atoms with Crippen LogP contribution >= 0.6 is 0 Å². The van der Waals surface area contributed by atoms with Gasteiger partial charge in [0.05, 0.1) is 0 Å². The molecule has 0 amide bonds. The summed E-state index contributed by atoms with van der Waals surface area (Å²) in [7, 11) is 0. The van der Waals surface area contributed by atoms with E-state index in [0.717, 1.165) is 5.92 Å². The predicted octanol–water partition coefficient (Wildman–Crippen LogP) is 4.21. The predicted molar refractivity (Wildman–Crippen MR) is 67.9 cm³/mol. The van der Waals surface area contributed by atoms with Crippen molar-refractivity contribution >= 4 is 10.8 Å². The average molecular weight is 208 g/mol. The molecule has 0 aromatic heterocycles. The van der Waals surface area contributed by atoms with Crippen LogP contribution in [-0.4, -0.2) is 0 Å². The van der Waals surface area contributed by atoms with E-state index in [9.17, 15) is 0 Å². The molecule has 0 N–H and O–H groups in total. The fourth-order valence-electron chi connectivity index (χ4n) is 3.72. The normalized spacial score (nSPS) is 22.4. The summed E-state index contributed by atoms with van der Waals surface area (Å²) in [4.78, 5) is 0. The first kappa shape index (κ1) is 8.81. The molecule has 1 unspecified atom stereocenters. The molecule has 0 spiro atoms. The minimum absolute atomic E-state index is 0.863. The molecule has 0 fully saturated rings. The lowest BCUT2D eigenvalue weighted by Crippen LogP contribution is -1.92. The molecule has 2 aromatic rings. The van der Waals surface area contributed by atoms with Gasteiger partial charge in [-0.3, -0.25) is 0 Å². The van der Waals surface area contributed by atoms with Crippen molar-refractivity contribution in [1.82, 2.24) is 0 Å². The van der Waals surface area contributed by atoms with Crippen LogP contribution in [0.4, 0.5) is 0 Å². The molecule has 0 bridgehead atoms. The Morgan fingerprint density at radius 3 is 2.88 bits per heavy atom. The van der Waals surface area contributed by atoms with Crippen molar-refractivity contribution in [3.05, 3.63) is 47.0 Å². The van der Waals surface area contributed by atoms with Gasteiger partial charge in [0.1, 0.15) is 0 Å². The van der Waals surface area contributed by atoms with Gasteiger partial charge in [-0.05, 0) is 65.5 Å². The summed E-state index contributed by atoms with van der Waals surface area (Å²) in [5.41, 5.74) is 4.94. The molecule has 0 aliphatic heterocycles. The molecule has 0 heteroatoms. The summed E-state index contributed by atoms with van der Waals surface area (Å²) in [6.07, 6.45) is 6.76. The fraction of sp³-hybridized carbons (Fsp3) is 0.375. The van der Waals surface area contributed by atoms with Gasteiger partial charge in [0, 0.05) is 0 Å². The van der Waals surface area contributed by atoms with Crippen LogP contribution in [0.15, 0.2) is 30.3 Å². The Hall–Kier alpha value is -1.30. The lowest BCUT2D eigenvalue weighted by Gasteiger charge is -2.11. The van der Waals surface area contributed by atoms with Crippen LogP contribution < -0.4 is 0 Å². The second-order valence-corrected chi connectivity index (χ2v) is 5.28. The van der Waals surface area contributed by atoms with Gasteiger partial charge in [-0.15, -0.1) is 0 Å². The third kappa shape index (κ3) is 1.05. The number of aryl methyl sites for hydroxylation is 2. The molecule has 2 aromatic carbocycles. The molecule has 16 heavy (non-hydrogen) atoms. The highest BCUT2D eigenvalue weighted by Crippen LogP contribution is 2.44. The number of rotatable bonds is 0. The third-order valence-electron chi connectivity index (χ3n) is 4.43. The average Bonchev–Trinajstić information content (AvgIpc) is 2.64. The van der Waals surface area contributed by atoms with Crippen LogP contribution in [0.25, 0.3) is 10.8 Å². The van der Waals surface area contributed by atoms with Gasteiger partial charge in [0.2, 0.25) is 0 Å². The minimum atomic E-state index is 0.863. The Bertz CT molecular complexity index is 566. The highest BCUT2D eigenvalue weighted by Gasteiger charge is 2.27. The van der Waals surface area contributed by atoms with Crippen molar-refractivity contribution in [3.8, 4) is 0 Å². The maximum Gasteiger partial charge on any atom is -0.0114 e. The van der Waals surface area contributed by atoms with E-state index in [0.29, 0.717) is 0 Å². The van der Waals surface area contributed by atoms with E-state index in [4.69, 9.17) is 0 Å². The molecule has 80 valence electrons. The Balaban J connectivity index is 2.18. The maximum absolute atomic E-state index is 2.37. The molecular formula is C16H16. The zero-order chi connectivity index (χ0) is 10.5. The van der Waals surface area contributed by atoms with Crippen LogP contribution in [0, 0.1) is 0 Å². The minimum Gasteiger partial charge on any atom is -0.0614 e. The SMILES string of the molecule is c1cc2c3c4c(ccc3c1)CCC4CCC2. The number of hydrogen-bond donors (Lipinski definition) is 0. The summed E-state index contributed by atoms with van der Waals surface area (Å²) < 4.78 is 0. The van der Waals surface area contributed by atoms with Crippen molar-refractivity contribution in [2.75, 3.05) is 0 Å². The Labute approximate surface area is 96.3 Å². The Morgan fingerprint density at radius 1 is 0.875 bits per heavy atom. The summed E-state index contributed by atoms with van der Waals surface area (Å²) in [6, 6.07) is 11.5. The molecule has 0 radical (unpaired) electrons. The monoisotopic (exact) mass is 208 g/mol. The van der Waals surface area contributed by atoms with Gasteiger partial charge < -0.3 is 0 Å². The first-order valence-corrected chi connectivity index (χ1v) is 6.47. The molecule has 0 saturated heterocycles. The zero-order valence-corrected chi connectivity index (χ0v) is 9.50. The van der Waals surface area contributed by atoms with Crippen molar-refractivity contribution in [1.29, 1.82) is 0 Å². The van der Waals surface area contributed by atoms with Crippen molar-refractivity contribution < 1.29 is 0 Å². The number of benzene rings is 2. The Kier molecular flexibility index (Phi) is 1.71. The van der Waals surface area contributed by atoms with Crippen LogP contribution in [0.3, 0.4) is 0 Å². The maximum atomic E-state index is 2.37. The summed E-state index contributed by atoms with van der Waals surface area (Å²) in [5.74, 6) is 0.863. The highest BCUT2D eigenvalue weighted by atomic mass is 14.3. The molecule has 2 aliphatic carbocycles. The summed E-state index contributed by atoms with van der Waals surface area (Å²) in [5, 5.41) is 3.07. The lowest BCUT2D eigenvalue weighted by atomic mass is 9.93. The van der Waals surface area contributed by atoms with Crippen molar-refractivity contribution in [2.45, 2.75) is 38.0 Å². The second-order valence-electron chi connectivity index (χ2n) is 5.28. The largest absolute Gasteiger partial charge is 0.0614 e. The first-order valence-electron chi connectivity index (χ1n) is 6.47. The van der Waals surface area contributed by atoms with Crippen LogP contribution in [0.1, 0.15) is 41.9 Å². The standard InChI is InChI=1S/C16H16/c1-3-11-4-2-6-13-8-10-14-9-7-12(5-1)15(11)16(13)14/h1,3,5,7,9,13H,2,4,6,8,10H2. The van der Waals surface area contributed by atoms with Gasteiger partial charge in [-0.2, -0.15) is 0 Å². The van der Waals surface area contributed by atoms with Gasteiger partial charge in [0.25, 0.3) is 0 Å². The Morgan fingerprint density at radius 2 is 1.88 bits per heavy atom. The van der Waals surface area contributed by atoms with Crippen molar-refractivity contribution in [3.63, 3.8) is 0 Å². The molecule has 0 saturated carbocycles. The third-order valence-corrected chi connectivity index (χ3v) is 4.43. The van der Waals surface area contributed by atoms with E-state index in [1.165, 1.54) is 37.5 Å². The smallest absolute Gasteiger partial charge is 0.0114 e. The van der Waals surface area contributed by atoms with E-state index in [1.807, 2.05) is 0 Å². The highest BCUT2D eigenvalue weighted by molar-refractivity contribution is 5.91. The topological polar surface area (TPSA) is 0 Å². The quantitative estimate of drug-likeness (QED) is 0.608. The van der Waals surface area contributed by atoms with E-state index in [1.54, 1.807) is 22.1 Å². The zero-order valence-electron chi connectivity index (χ0n) is 9.50. The fourth-order valence-corrected chi connectivity index (χ4v) is 3.72. The van der Waals surface area contributed by atoms with Gasteiger partial charge in [0.15, 0.2) is 0 Å². The first-order chi connectivity index (χ1) is 7.93. The van der Waals surface area contributed by atoms with Gasteiger partial charge in [-0.1, -0.05) is 30.3 Å². The summed E-state index contributed by atoms with van der Waals surface area (Å²) >= 11 is 0. The van der Waals surface area contributed by atoms with Crippen LogP contribution in [-0.2, 0) is 12.8 Å². The van der Waals surface area contributed by atoms with Crippen LogP contribution in [0.5, 0.6) is 0 Å². The molecule has 0 nitrogen and oxygen atoms in total. The van der Waals surface area contributed by atoms with E-state index >= 15 is 0 Å². The molecule has 4 rings (SSSR count). The van der Waals surface area contributed by atoms with Crippen LogP contribution in [0.2, 0.25) is 0 Å². The van der Waals surface area contributed by atoms with Crippen molar-refractivity contribution in [2.24, 2.45) is 0 Å². The second kappa shape index (κ2) is 3.10. The molecule has 0 heterocycles. The lowest BCUT2D eigenvalue weighted by molar-refractivity contribution is 0.597. The number of hydrogen-bond acceptors (Lipinski definition) is 0. The molecule has 2 aliphatic rings. The molecular weight excluding hydrogens is 192 g/mol. The van der Waals surface area contributed by atoms with Gasteiger partial charge >= 0.3 is 0 Å².